The maximum absolute atomic E-state index is 12.3. The third kappa shape index (κ3) is 4.43. The van der Waals surface area contributed by atoms with Crippen molar-refractivity contribution in [1.82, 2.24) is 14.8 Å². The number of carbonyl (C=O) groups is 1. The molecule has 1 N–H and O–H groups in total. The topological polar surface area (TPSA) is 54.3 Å². The van der Waals surface area contributed by atoms with Gasteiger partial charge in [0.2, 0.25) is 0 Å². The summed E-state index contributed by atoms with van der Waals surface area (Å²) >= 11 is 0. The Labute approximate surface area is 127 Å². The molecule has 0 saturated heterocycles. The van der Waals surface area contributed by atoms with Gasteiger partial charge in [0.05, 0.1) is 0 Å². The lowest BCUT2D eigenvalue weighted by atomic mass is 9.93. The van der Waals surface area contributed by atoms with Gasteiger partial charge in [0.15, 0.2) is 0 Å². The van der Waals surface area contributed by atoms with E-state index >= 15 is 0 Å². The number of rotatable bonds is 5. The molecule has 1 aromatic heterocycles. The number of pyridine rings is 1. The van der Waals surface area contributed by atoms with E-state index in [-0.39, 0.29) is 22.4 Å². The molecule has 0 saturated carbocycles. The largest absolute Gasteiger partial charge is 0.351 e. The maximum atomic E-state index is 12.3. The van der Waals surface area contributed by atoms with Gasteiger partial charge in [-0.15, -0.1) is 0 Å². The van der Waals surface area contributed by atoms with Crippen LogP contribution in [0, 0.1) is 19.3 Å². The number of hydrogen-bond donors (Lipinski definition) is 1. The zero-order valence-electron chi connectivity index (χ0n) is 14.2. The first-order valence-electron chi connectivity index (χ1n) is 7.15. The molecule has 0 aliphatic heterocycles. The Balaban J connectivity index is 2.89. The molecule has 5 heteroatoms. The lowest BCUT2D eigenvalue weighted by molar-refractivity contribution is 0.0927. The highest BCUT2D eigenvalue weighted by Crippen LogP contribution is 2.14. The highest BCUT2D eigenvalue weighted by atomic mass is 16.2. The summed E-state index contributed by atoms with van der Waals surface area (Å²) in [6, 6.07) is 1.67. The summed E-state index contributed by atoms with van der Waals surface area (Å²) in [4.78, 5) is 26.5. The minimum atomic E-state index is -0.300. The van der Waals surface area contributed by atoms with E-state index in [1.807, 2.05) is 27.9 Å². The molecule has 0 atom stereocenters. The van der Waals surface area contributed by atoms with Crippen LogP contribution in [0.2, 0.25) is 0 Å². The lowest BCUT2D eigenvalue weighted by Gasteiger charge is -2.28. The predicted octanol–water partition coefficient (Wildman–Crippen LogP) is 1.32. The fraction of sp³-hybridized carbons (Fsp3) is 0.625. The van der Waals surface area contributed by atoms with E-state index in [4.69, 9.17) is 0 Å². The van der Waals surface area contributed by atoms with E-state index in [0.717, 1.165) is 17.8 Å². The van der Waals surface area contributed by atoms with Gasteiger partial charge in [0, 0.05) is 25.8 Å². The van der Waals surface area contributed by atoms with Crippen molar-refractivity contribution in [2.75, 3.05) is 27.2 Å². The fourth-order valence-corrected chi connectivity index (χ4v) is 2.47. The Morgan fingerprint density at radius 2 is 1.90 bits per heavy atom. The van der Waals surface area contributed by atoms with E-state index < -0.39 is 0 Å². The van der Waals surface area contributed by atoms with Crippen molar-refractivity contribution < 1.29 is 4.79 Å². The van der Waals surface area contributed by atoms with E-state index in [0.29, 0.717) is 6.54 Å². The summed E-state index contributed by atoms with van der Waals surface area (Å²) in [6.07, 6.45) is 0. The molecule has 1 aromatic rings. The number of aromatic nitrogens is 1. The van der Waals surface area contributed by atoms with E-state index in [1.165, 1.54) is 4.57 Å². The minimum absolute atomic E-state index is 0.0515. The van der Waals surface area contributed by atoms with E-state index in [2.05, 4.69) is 24.1 Å². The molecule has 1 heterocycles. The van der Waals surface area contributed by atoms with Crippen LogP contribution in [0.25, 0.3) is 0 Å². The molecule has 0 unspecified atom stereocenters. The third-order valence-electron chi connectivity index (χ3n) is 3.69. The maximum Gasteiger partial charge on any atom is 0.263 e. The smallest absolute Gasteiger partial charge is 0.263 e. The summed E-state index contributed by atoms with van der Waals surface area (Å²) in [5, 5.41) is 2.88. The molecular formula is C16H27N3O2. The van der Waals surface area contributed by atoms with Crippen molar-refractivity contribution in [3.8, 4) is 0 Å². The van der Waals surface area contributed by atoms with E-state index in [1.54, 1.807) is 13.1 Å². The van der Waals surface area contributed by atoms with Crippen LogP contribution in [0.1, 0.15) is 35.5 Å². The zero-order valence-corrected chi connectivity index (χ0v) is 14.2. The van der Waals surface area contributed by atoms with Gasteiger partial charge in [0.1, 0.15) is 5.56 Å². The molecule has 0 aromatic carbocycles. The van der Waals surface area contributed by atoms with Gasteiger partial charge >= 0.3 is 0 Å². The molecule has 0 spiro atoms. The van der Waals surface area contributed by atoms with Gasteiger partial charge in [-0.05, 0) is 45.0 Å². The van der Waals surface area contributed by atoms with Crippen LogP contribution in [-0.4, -0.2) is 42.6 Å². The Kier molecular flexibility index (Phi) is 5.34. The Morgan fingerprint density at radius 3 is 2.43 bits per heavy atom. The summed E-state index contributed by atoms with van der Waals surface area (Å²) < 4.78 is 1.52. The second-order valence-corrected chi connectivity index (χ2v) is 6.78. The Morgan fingerprint density at radius 1 is 1.33 bits per heavy atom. The highest BCUT2D eigenvalue weighted by molar-refractivity contribution is 5.94. The second-order valence-electron chi connectivity index (χ2n) is 6.78. The monoisotopic (exact) mass is 293 g/mol. The standard InChI is InChI=1S/C16H27N3O2/c1-11-8-13(15(21)19(7)12(11)2)14(20)17-9-16(3,4)10-18(5)6/h8H,9-10H2,1-7H3,(H,17,20). The molecule has 1 rings (SSSR count). The Bertz CT molecular complexity index is 586. The SMILES string of the molecule is Cc1cc(C(=O)NCC(C)(C)CN(C)C)c(=O)n(C)c1C. The summed E-state index contributed by atoms with van der Waals surface area (Å²) in [7, 11) is 5.70. The molecule has 0 aliphatic rings. The lowest BCUT2D eigenvalue weighted by Crippen LogP contribution is -2.41. The number of amides is 1. The molecule has 1 amide bonds. The van der Waals surface area contributed by atoms with Gasteiger partial charge in [-0.3, -0.25) is 9.59 Å². The molecule has 0 radical (unpaired) electrons. The molecule has 21 heavy (non-hydrogen) atoms. The summed E-state index contributed by atoms with van der Waals surface area (Å²) in [5.41, 5.74) is 1.73. The number of nitrogens with one attached hydrogen (secondary N) is 1. The summed E-state index contributed by atoms with van der Waals surface area (Å²) in [6.45, 7) is 9.34. The highest BCUT2D eigenvalue weighted by Gasteiger charge is 2.21. The number of carbonyl (C=O) groups excluding carboxylic acids is 1. The van der Waals surface area contributed by atoms with Crippen molar-refractivity contribution in [3.05, 3.63) is 33.2 Å². The second kappa shape index (κ2) is 6.43. The van der Waals surface area contributed by atoms with Gasteiger partial charge in [-0.2, -0.15) is 0 Å². The van der Waals surface area contributed by atoms with Crippen LogP contribution in [-0.2, 0) is 7.05 Å². The van der Waals surface area contributed by atoms with Crippen LogP contribution in [0.3, 0.4) is 0 Å². The molecular weight excluding hydrogens is 266 g/mol. The molecule has 0 fully saturated rings. The molecule has 0 bridgehead atoms. The van der Waals surface area contributed by atoms with Crippen molar-refractivity contribution in [2.24, 2.45) is 12.5 Å². The first-order chi connectivity index (χ1) is 9.55. The minimum Gasteiger partial charge on any atom is -0.351 e. The van der Waals surface area contributed by atoms with Crippen LogP contribution >= 0.6 is 0 Å². The quantitative estimate of drug-likeness (QED) is 0.891. The number of aryl methyl sites for hydroxylation is 1. The number of hydrogen-bond acceptors (Lipinski definition) is 3. The molecule has 5 nitrogen and oxygen atoms in total. The third-order valence-corrected chi connectivity index (χ3v) is 3.69. The van der Waals surface area contributed by atoms with Crippen LogP contribution in [0.4, 0.5) is 0 Å². The van der Waals surface area contributed by atoms with Crippen molar-refractivity contribution in [3.63, 3.8) is 0 Å². The molecule has 118 valence electrons. The van der Waals surface area contributed by atoms with Gasteiger partial charge in [-0.1, -0.05) is 13.8 Å². The van der Waals surface area contributed by atoms with E-state index in [9.17, 15) is 9.59 Å². The van der Waals surface area contributed by atoms with Crippen molar-refractivity contribution in [2.45, 2.75) is 27.7 Å². The fourth-order valence-electron chi connectivity index (χ4n) is 2.47. The van der Waals surface area contributed by atoms with Crippen LogP contribution in [0.5, 0.6) is 0 Å². The number of nitrogens with zero attached hydrogens (tertiary/aromatic N) is 2. The van der Waals surface area contributed by atoms with Crippen LogP contribution < -0.4 is 10.9 Å². The Hall–Kier alpha value is -1.62. The molecule has 0 aliphatic carbocycles. The van der Waals surface area contributed by atoms with Gasteiger partial charge in [-0.25, -0.2) is 0 Å². The van der Waals surface area contributed by atoms with Crippen molar-refractivity contribution in [1.29, 1.82) is 0 Å². The average molecular weight is 293 g/mol. The first kappa shape index (κ1) is 17.4. The van der Waals surface area contributed by atoms with Crippen molar-refractivity contribution >= 4 is 5.91 Å². The zero-order chi connectivity index (χ0) is 16.4. The predicted molar refractivity (Wildman–Crippen MR) is 85.8 cm³/mol. The average Bonchev–Trinajstić information content (AvgIpc) is 2.36. The van der Waals surface area contributed by atoms with Gasteiger partial charge in [0.25, 0.3) is 11.5 Å². The van der Waals surface area contributed by atoms with Crippen LogP contribution in [0.15, 0.2) is 10.9 Å². The van der Waals surface area contributed by atoms with Gasteiger partial charge < -0.3 is 14.8 Å². The normalized spacial score (nSPS) is 11.8. The summed E-state index contributed by atoms with van der Waals surface area (Å²) in [5.74, 6) is -0.300. The first-order valence-corrected chi connectivity index (χ1v) is 7.15.